The van der Waals surface area contributed by atoms with Gasteiger partial charge in [0.05, 0.1) is 6.61 Å². The highest BCUT2D eigenvalue weighted by Gasteiger charge is 2.21. The highest BCUT2D eigenvalue weighted by molar-refractivity contribution is 5.43. The fourth-order valence-corrected chi connectivity index (χ4v) is 2.87. The molecule has 1 atom stereocenters. The molecule has 2 rings (SSSR count). The topological polar surface area (TPSA) is 35.2 Å². The van der Waals surface area contributed by atoms with Crippen LogP contribution in [0.5, 0.6) is 5.75 Å². The molecule has 0 bridgehead atoms. The maximum atomic E-state index is 14.0. The number of nitrogens with two attached hydrogens (primary N) is 1. The summed E-state index contributed by atoms with van der Waals surface area (Å²) in [5.41, 5.74) is 9.07. The predicted octanol–water partition coefficient (Wildman–Crippen LogP) is 4.81. The summed E-state index contributed by atoms with van der Waals surface area (Å²) in [6.07, 6.45) is 0.566. The van der Waals surface area contributed by atoms with Crippen molar-refractivity contribution in [3.63, 3.8) is 0 Å². The van der Waals surface area contributed by atoms with Crippen LogP contribution in [0.15, 0.2) is 42.5 Å². The molecular formula is C21H28FNO. The fourth-order valence-electron chi connectivity index (χ4n) is 2.87. The number of halogens is 1. The minimum Gasteiger partial charge on any atom is -0.494 e. The van der Waals surface area contributed by atoms with Gasteiger partial charge in [0.15, 0.2) is 0 Å². The van der Waals surface area contributed by atoms with E-state index in [1.54, 1.807) is 6.07 Å². The summed E-state index contributed by atoms with van der Waals surface area (Å²) in [5.74, 6) is 0.684. The Hall–Kier alpha value is -1.87. The molecule has 0 saturated heterocycles. The standard InChI is InChI=1S/C21H28FNO/c1-5-24-20-11-10-17(21(2,3)4)13-18(20)16(14-23)12-15-8-6-7-9-19(15)22/h6-11,13,16H,5,12,14,23H2,1-4H3. The summed E-state index contributed by atoms with van der Waals surface area (Å²) in [4.78, 5) is 0. The third-order valence-electron chi connectivity index (χ3n) is 4.32. The summed E-state index contributed by atoms with van der Waals surface area (Å²) in [6, 6.07) is 13.2. The van der Waals surface area contributed by atoms with Crippen molar-refractivity contribution in [3.8, 4) is 5.75 Å². The van der Waals surface area contributed by atoms with E-state index in [-0.39, 0.29) is 17.2 Å². The second kappa shape index (κ2) is 7.80. The predicted molar refractivity (Wildman–Crippen MR) is 98.2 cm³/mol. The first kappa shape index (κ1) is 18.5. The van der Waals surface area contributed by atoms with Crippen LogP contribution in [-0.4, -0.2) is 13.2 Å². The zero-order chi connectivity index (χ0) is 17.7. The van der Waals surface area contributed by atoms with Crippen LogP contribution in [0.4, 0.5) is 4.39 Å². The molecule has 0 spiro atoms. The third-order valence-corrected chi connectivity index (χ3v) is 4.32. The van der Waals surface area contributed by atoms with Crippen molar-refractivity contribution in [2.45, 2.75) is 45.4 Å². The van der Waals surface area contributed by atoms with E-state index in [1.165, 1.54) is 11.6 Å². The lowest BCUT2D eigenvalue weighted by molar-refractivity contribution is 0.333. The van der Waals surface area contributed by atoms with E-state index in [4.69, 9.17) is 10.5 Å². The molecule has 0 saturated carbocycles. The van der Waals surface area contributed by atoms with Gasteiger partial charge in [0.25, 0.3) is 0 Å². The van der Waals surface area contributed by atoms with E-state index in [2.05, 4.69) is 32.9 Å². The summed E-state index contributed by atoms with van der Waals surface area (Å²) in [5, 5.41) is 0. The largest absolute Gasteiger partial charge is 0.494 e. The van der Waals surface area contributed by atoms with E-state index in [0.717, 1.165) is 11.3 Å². The Morgan fingerprint density at radius 3 is 2.42 bits per heavy atom. The fraction of sp³-hybridized carbons (Fsp3) is 0.429. The average Bonchev–Trinajstić information content (AvgIpc) is 2.54. The second-order valence-electron chi connectivity index (χ2n) is 7.16. The van der Waals surface area contributed by atoms with Gasteiger partial charge in [-0.2, -0.15) is 0 Å². The first-order chi connectivity index (χ1) is 11.4. The summed E-state index contributed by atoms with van der Waals surface area (Å²) >= 11 is 0. The van der Waals surface area contributed by atoms with E-state index >= 15 is 0 Å². The molecule has 0 aromatic heterocycles. The summed E-state index contributed by atoms with van der Waals surface area (Å²) in [7, 11) is 0. The number of ether oxygens (including phenoxy) is 1. The number of benzene rings is 2. The van der Waals surface area contributed by atoms with Crippen LogP contribution in [0, 0.1) is 5.82 Å². The SMILES string of the molecule is CCOc1ccc(C(C)(C)C)cc1C(CN)Cc1ccccc1F. The van der Waals surface area contributed by atoms with Gasteiger partial charge in [-0.25, -0.2) is 4.39 Å². The Labute approximate surface area is 144 Å². The van der Waals surface area contributed by atoms with Gasteiger partial charge in [0.1, 0.15) is 11.6 Å². The van der Waals surface area contributed by atoms with Crippen molar-refractivity contribution in [2.75, 3.05) is 13.2 Å². The molecule has 2 nitrogen and oxygen atoms in total. The molecule has 2 aromatic rings. The van der Waals surface area contributed by atoms with Crippen LogP contribution in [0.25, 0.3) is 0 Å². The molecular weight excluding hydrogens is 301 g/mol. The lowest BCUT2D eigenvalue weighted by Crippen LogP contribution is -2.19. The van der Waals surface area contributed by atoms with E-state index in [0.29, 0.717) is 25.1 Å². The molecule has 3 heteroatoms. The Kier molecular flexibility index (Phi) is 6.00. The van der Waals surface area contributed by atoms with Gasteiger partial charge in [-0.15, -0.1) is 0 Å². The van der Waals surface area contributed by atoms with Crippen LogP contribution < -0.4 is 10.5 Å². The molecule has 130 valence electrons. The molecule has 0 aliphatic heterocycles. The quantitative estimate of drug-likeness (QED) is 0.825. The monoisotopic (exact) mass is 329 g/mol. The summed E-state index contributed by atoms with van der Waals surface area (Å²) in [6.45, 7) is 9.55. The van der Waals surface area contributed by atoms with Crippen molar-refractivity contribution >= 4 is 0 Å². The molecule has 2 aromatic carbocycles. The molecule has 0 heterocycles. The van der Waals surface area contributed by atoms with Gasteiger partial charge in [-0.3, -0.25) is 0 Å². The first-order valence-corrected chi connectivity index (χ1v) is 8.57. The van der Waals surface area contributed by atoms with Gasteiger partial charge in [-0.05, 0) is 54.1 Å². The van der Waals surface area contributed by atoms with Crippen molar-refractivity contribution < 1.29 is 9.13 Å². The Morgan fingerprint density at radius 1 is 1.12 bits per heavy atom. The second-order valence-corrected chi connectivity index (χ2v) is 7.16. The average molecular weight is 329 g/mol. The zero-order valence-corrected chi connectivity index (χ0v) is 15.1. The van der Waals surface area contributed by atoms with Gasteiger partial charge < -0.3 is 10.5 Å². The number of rotatable bonds is 6. The van der Waals surface area contributed by atoms with E-state index in [9.17, 15) is 4.39 Å². The Bertz CT molecular complexity index is 676. The summed E-state index contributed by atoms with van der Waals surface area (Å²) < 4.78 is 19.9. The van der Waals surface area contributed by atoms with Crippen LogP contribution >= 0.6 is 0 Å². The maximum Gasteiger partial charge on any atom is 0.126 e. The number of hydrogen-bond acceptors (Lipinski definition) is 2. The minimum absolute atomic E-state index is 0.0192. The van der Waals surface area contributed by atoms with Gasteiger partial charge in [0, 0.05) is 5.92 Å². The van der Waals surface area contributed by atoms with Crippen molar-refractivity contribution in [1.29, 1.82) is 0 Å². The van der Waals surface area contributed by atoms with Crippen molar-refractivity contribution in [3.05, 3.63) is 65.0 Å². The maximum absolute atomic E-state index is 14.0. The Balaban J connectivity index is 2.43. The van der Waals surface area contributed by atoms with Crippen LogP contribution in [0.1, 0.15) is 50.3 Å². The molecule has 24 heavy (non-hydrogen) atoms. The molecule has 0 aliphatic carbocycles. The van der Waals surface area contributed by atoms with Gasteiger partial charge in [-0.1, -0.05) is 51.1 Å². The highest BCUT2D eigenvalue weighted by atomic mass is 19.1. The van der Waals surface area contributed by atoms with Crippen molar-refractivity contribution in [1.82, 2.24) is 0 Å². The van der Waals surface area contributed by atoms with E-state index in [1.807, 2.05) is 25.1 Å². The molecule has 0 fully saturated rings. The molecule has 1 unspecified atom stereocenters. The van der Waals surface area contributed by atoms with Crippen LogP contribution in [-0.2, 0) is 11.8 Å². The molecule has 0 radical (unpaired) electrons. The Morgan fingerprint density at radius 2 is 1.83 bits per heavy atom. The normalized spacial score (nSPS) is 12.9. The first-order valence-electron chi connectivity index (χ1n) is 8.57. The molecule has 0 aliphatic rings. The minimum atomic E-state index is -0.180. The highest BCUT2D eigenvalue weighted by Crippen LogP contribution is 2.34. The zero-order valence-electron chi connectivity index (χ0n) is 15.1. The smallest absolute Gasteiger partial charge is 0.126 e. The molecule has 0 amide bonds. The lowest BCUT2D eigenvalue weighted by Gasteiger charge is -2.25. The third kappa shape index (κ3) is 4.35. The van der Waals surface area contributed by atoms with Gasteiger partial charge >= 0.3 is 0 Å². The lowest BCUT2D eigenvalue weighted by atomic mass is 9.83. The molecule has 2 N–H and O–H groups in total. The van der Waals surface area contributed by atoms with Crippen molar-refractivity contribution in [2.24, 2.45) is 5.73 Å². The van der Waals surface area contributed by atoms with Gasteiger partial charge in [0.2, 0.25) is 0 Å². The van der Waals surface area contributed by atoms with E-state index < -0.39 is 0 Å². The van der Waals surface area contributed by atoms with Crippen LogP contribution in [0.2, 0.25) is 0 Å². The number of hydrogen-bond donors (Lipinski definition) is 1. The van der Waals surface area contributed by atoms with Crippen LogP contribution in [0.3, 0.4) is 0 Å².